The maximum atomic E-state index is 13.9. The molecule has 0 unspecified atom stereocenters. The van der Waals surface area contributed by atoms with Gasteiger partial charge in [0, 0.05) is 5.56 Å². The molecule has 0 fully saturated rings. The minimum atomic E-state index is -0.407. The summed E-state index contributed by atoms with van der Waals surface area (Å²) in [6.45, 7) is 0.553. The van der Waals surface area contributed by atoms with Crippen molar-refractivity contribution in [3.63, 3.8) is 0 Å². The Bertz CT molecular complexity index is 709. The molecule has 1 aliphatic rings. The Labute approximate surface area is 128 Å². The van der Waals surface area contributed by atoms with Gasteiger partial charge >= 0.3 is 0 Å². The van der Waals surface area contributed by atoms with Gasteiger partial charge in [0.25, 0.3) is 0 Å². The van der Waals surface area contributed by atoms with Crippen LogP contribution in [0.15, 0.2) is 36.4 Å². The van der Waals surface area contributed by atoms with Crippen LogP contribution in [0.25, 0.3) is 0 Å². The van der Waals surface area contributed by atoms with Crippen LogP contribution in [0.4, 0.5) is 4.39 Å². The third-order valence-electron chi connectivity index (χ3n) is 3.79. The number of aryl methyl sites for hydroxylation is 1. The highest BCUT2D eigenvalue weighted by Gasteiger charge is 2.21. The van der Waals surface area contributed by atoms with Crippen LogP contribution in [0.3, 0.4) is 0 Å². The number of hydrogen-bond acceptors (Lipinski definition) is 3. The average molecular weight is 300 g/mol. The fraction of sp³-hybridized carbons (Fsp3) is 0.278. The Morgan fingerprint density at radius 1 is 1.23 bits per heavy atom. The van der Waals surface area contributed by atoms with Crippen molar-refractivity contribution in [1.29, 1.82) is 0 Å². The molecule has 0 spiro atoms. The van der Waals surface area contributed by atoms with E-state index in [9.17, 15) is 9.18 Å². The predicted molar refractivity (Wildman–Crippen MR) is 81.3 cm³/mol. The number of fused-ring (bicyclic) bond motifs is 1. The van der Waals surface area contributed by atoms with Gasteiger partial charge in [-0.1, -0.05) is 12.1 Å². The quantitative estimate of drug-likeness (QED) is 0.809. The maximum Gasteiger partial charge on any atom is 0.197 e. The molecule has 22 heavy (non-hydrogen) atoms. The van der Waals surface area contributed by atoms with Crippen molar-refractivity contribution < 1.29 is 18.7 Å². The second-order valence-corrected chi connectivity index (χ2v) is 5.31. The maximum absolute atomic E-state index is 13.9. The van der Waals surface area contributed by atoms with Gasteiger partial charge in [0.2, 0.25) is 0 Å². The topological polar surface area (TPSA) is 35.5 Å². The number of carbonyl (C=O) groups is 1. The van der Waals surface area contributed by atoms with Gasteiger partial charge in [-0.25, -0.2) is 4.39 Å². The van der Waals surface area contributed by atoms with Crippen molar-refractivity contribution in [2.75, 3.05) is 13.7 Å². The van der Waals surface area contributed by atoms with E-state index in [2.05, 4.69) is 0 Å². The molecule has 0 saturated heterocycles. The predicted octanol–water partition coefficient (Wildman–Crippen LogP) is 3.78. The van der Waals surface area contributed by atoms with E-state index < -0.39 is 5.82 Å². The van der Waals surface area contributed by atoms with Crippen LogP contribution in [0, 0.1) is 5.82 Å². The number of methoxy groups -OCH3 is 1. The van der Waals surface area contributed by atoms with E-state index in [0.29, 0.717) is 23.7 Å². The van der Waals surface area contributed by atoms with Crippen molar-refractivity contribution in [3.8, 4) is 11.5 Å². The molecule has 0 amide bonds. The second-order valence-electron chi connectivity index (χ2n) is 5.31. The van der Waals surface area contributed by atoms with Crippen LogP contribution < -0.4 is 9.47 Å². The van der Waals surface area contributed by atoms with Crippen molar-refractivity contribution in [2.24, 2.45) is 0 Å². The minimum Gasteiger partial charge on any atom is -0.497 e. The van der Waals surface area contributed by atoms with Crippen LogP contribution in [0.5, 0.6) is 11.5 Å². The van der Waals surface area contributed by atoms with Crippen molar-refractivity contribution in [3.05, 3.63) is 58.9 Å². The number of rotatable bonds is 3. The standard InChI is InChI=1S/C18H17FO3/c1-21-15-7-4-6-12(10-15)17(20)16-11-14(19)9-13-5-2-3-8-22-18(13)16/h4,6-7,9-11H,2-3,5,8H2,1H3. The van der Waals surface area contributed by atoms with Crippen LogP contribution in [0.2, 0.25) is 0 Å². The van der Waals surface area contributed by atoms with E-state index in [4.69, 9.17) is 9.47 Å². The van der Waals surface area contributed by atoms with Gasteiger partial charge in [0.1, 0.15) is 17.3 Å². The summed E-state index contributed by atoms with van der Waals surface area (Å²) < 4.78 is 24.7. The Kier molecular flexibility index (Phi) is 4.09. The van der Waals surface area contributed by atoms with E-state index >= 15 is 0 Å². The summed E-state index contributed by atoms with van der Waals surface area (Å²) in [4.78, 5) is 12.7. The van der Waals surface area contributed by atoms with E-state index in [1.807, 2.05) is 0 Å². The Hall–Kier alpha value is -2.36. The summed E-state index contributed by atoms with van der Waals surface area (Å²) in [5.41, 5.74) is 1.51. The van der Waals surface area contributed by atoms with Crippen molar-refractivity contribution >= 4 is 5.78 Å². The third kappa shape index (κ3) is 2.82. The molecule has 2 aromatic rings. The summed E-state index contributed by atoms with van der Waals surface area (Å²) in [6.07, 6.45) is 2.57. The smallest absolute Gasteiger partial charge is 0.197 e. The summed E-state index contributed by atoms with van der Waals surface area (Å²) in [5, 5.41) is 0. The first-order chi connectivity index (χ1) is 10.7. The fourth-order valence-corrected chi connectivity index (χ4v) is 2.69. The molecule has 0 atom stereocenters. The average Bonchev–Trinajstić information content (AvgIpc) is 2.78. The molecule has 114 valence electrons. The molecule has 2 aromatic carbocycles. The van der Waals surface area contributed by atoms with Gasteiger partial charge in [-0.15, -0.1) is 0 Å². The summed E-state index contributed by atoms with van der Waals surface area (Å²) in [6, 6.07) is 9.56. The first-order valence-electron chi connectivity index (χ1n) is 7.33. The van der Waals surface area contributed by atoms with Gasteiger partial charge in [0.15, 0.2) is 5.78 Å². The summed E-state index contributed by atoms with van der Waals surface area (Å²) in [5.74, 6) is 0.452. The van der Waals surface area contributed by atoms with E-state index in [0.717, 1.165) is 24.8 Å². The lowest BCUT2D eigenvalue weighted by Gasteiger charge is -2.13. The number of ether oxygens (including phenoxy) is 2. The molecule has 0 aromatic heterocycles. The Balaban J connectivity index is 2.06. The second kappa shape index (κ2) is 6.18. The van der Waals surface area contributed by atoms with E-state index in [-0.39, 0.29) is 11.3 Å². The fourth-order valence-electron chi connectivity index (χ4n) is 2.69. The molecule has 3 nitrogen and oxygen atoms in total. The van der Waals surface area contributed by atoms with Gasteiger partial charge < -0.3 is 9.47 Å². The number of carbonyl (C=O) groups excluding carboxylic acids is 1. The molecule has 1 heterocycles. The van der Waals surface area contributed by atoms with Crippen molar-refractivity contribution in [1.82, 2.24) is 0 Å². The molecular formula is C18H17FO3. The first-order valence-corrected chi connectivity index (χ1v) is 7.33. The zero-order valence-corrected chi connectivity index (χ0v) is 12.4. The Morgan fingerprint density at radius 3 is 2.91 bits per heavy atom. The lowest BCUT2D eigenvalue weighted by Crippen LogP contribution is -2.08. The highest BCUT2D eigenvalue weighted by Crippen LogP contribution is 2.31. The van der Waals surface area contributed by atoms with E-state index in [1.165, 1.54) is 12.1 Å². The number of benzene rings is 2. The molecule has 4 heteroatoms. The lowest BCUT2D eigenvalue weighted by atomic mass is 9.97. The van der Waals surface area contributed by atoms with Crippen LogP contribution in [0.1, 0.15) is 34.3 Å². The molecule has 3 rings (SSSR count). The van der Waals surface area contributed by atoms with Gasteiger partial charge in [-0.05, 0) is 49.1 Å². The molecule has 0 aliphatic carbocycles. The van der Waals surface area contributed by atoms with Crippen LogP contribution >= 0.6 is 0 Å². The van der Waals surface area contributed by atoms with E-state index in [1.54, 1.807) is 31.4 Å². The minimum absolute atomic E-state index is 0.253. The largest absolute Gasteiger partial charge is 0.497 e. The monoisotopic (exact) mass is 300 g/mol. The molecule has 0 radical (unpaired) electrons. The highest BCUT2D eigenvalue weighted by molar-refractivity contribution is 6.11. The molecule has 0 N–H and O–H groups in total. The summed E-state index contributed by atoms with van der Waals surface area (Å²) >= 11 is 0. The molecule has 0 saturated carbocycles. The number of ketones is 1. The van der Waals surface area contributed by atoms with Crippen molar-refractivity contribution in [2.45, 2.75) is 19.3 Å². The molecular weight excluding hydrogens is 283 g/mol. The normalized spacial score (nSPS) is 13.7. The highest BCUT2D eigenvalue weighted by atomic mass is 19.1. The van der Waals surface area contributed by atoms with Gasteiger partial charge in [-0.2, -0.15) is 0 Å². The first kappa shape index (κ1) is 14.6. The van der Waals surface area contributed by atoms with Crippen LogP contribution in [-0.4, -0.2) is 19.5 Å². The Morgan fingerprint density at radius 2 is 2.09 bits per heavy atom. The number of hydrogen-bond donors (Lipinski definition) is 0. The van der Waals surface area contributed by atoms with Crippen LogP contribution in [-0.2, 0) is 6.42 Å². The number of halogens is 1. The SMILES string of the molecule is COc1cccc(C(=O)c2cc(F)cc3c2OCCCC3)c1. The third-order valence-corrected chi connectivity index (χ3v) is 3.79. The zero-order valence-electron chi connectivity index (χ0n) is 12.4. The summed E-state index contributed by atoms with van der Waals surface area (Å²) in [7, 11) is 1.54. The zero-order chi connectivity index (χ0) is 15.5. The molecule has 1 aliphatic heterocycles. The molecule has 0 bridgehead atoms. The van der Waals surface area contributed by atoms with Gasteiger partial charge in [-0.3, -0.25) is 4.79 Å². The lowest BCUT2D eigenvalue weighted by molar-refractivity contribution is 0.103. The van der Waals surface area contributed by atoms with Gasteiger partial charge in [0.05, 0.1) is 19.3 Å².